The van der Waals surface area contributed by atoms with Crippen LogP contribution < -0.4 is 11.1 Å². The topological polar surface area (TPSA) is 63.8 Å². The lowest BCUT2D eigenvalue weighted by Gasteiger charge is -2.34. The third kappa shape index (κ3) is 1.90. The minimum Gasteiger partial charge on any atom is -0.368 e. The molecule has 0 aliphatic heterocycles. The van der Waals surface area contributed by atoms with Gasteiger partial charge in [0.1, 0.15) is 11.0 Å². The van der Waals surface area contributed by atoms with Crippen molar-refractivity contribution >= 4 is 23.4 Å². The summed E-state index contributed by atoms with van der Waals surface area (Å²) in [6.45, 7) is 2.22. The van der Waals surface area contributed by atoms with Crippen LogP contribution in [0, 0.1) is 5.92 Å². The zero-order chi connectivity index (χ0) is 10.1. The first-order valence-corrected chi connectivity index (χ1v) is 5.09. The van der Waals surface area contributed by atoms with Crippen LogP contribution in [0.3, 0.4) is 0 Å². The third-order valence-corrected chi connectivity index (χ3v) is 2.86. The maximum Gasteiger partial charge on any atom is 0.223 e. The average Bonchev–Trinajstić information content (AvgIpc) is 2.10. The van der Waals surface area contributed by atoms with Crippen molar-refractivity contribution in [2.24, 2.45) is 5.92 Å². The Morgan fingerprint density at radius 1 is 1.50 bits per heavy atom. The van der Waals surface area contributed by atoms with E-state index in [1.165, 1.54) is 12.8 Å². The summed E-state index contributed by atoms with van der Waals surface area (Å²) in [5.41, 5.74) is 5.48. The Balaban J connectivity index is 2.08. The normalized spacial score (nSPS) is 25.6. The van der Waals surface area contributed by atoms with Gasteiger partial charge in [-0.15, -0.1) is 0 Å². The van der Waals surface area contributed by atoms with E-state index >= 15 is 0 Å². The van der Waals surface area contributed by atoms with Crippen LogP contribution in [0.25, 0.3) is 0 Å². The molecule has 2 rings (SSSR count). The minimum atomic E-state index is 0.215. The molecule has 1 heterocycles. The highest BCUT2D eigenvalue weighted by Crippen LogP contribution is 2.29. The summed E-state index contributed by atoms with van der Waals surface area (Å²) in [5.74, 6) is 1.64. The number of nitrogens with one attached hydrogen (secondary N) is 1. The molecule has 76 valence electrons. The molecule has 1 aromatic heterocycles. The van der Waals surface area contributed by atoms with Gasteiger partial charge in [0.2, 0.25) is 5.95 Å². The molecule has 2 atom stereocenters. The Bertz CT molecular complexity index is 321. The second-order valence-electron chi connectivity index (χ2n) is 3.74. The van der Waals surface area contributed by atoms with E-state index in [0.717, 1.165) is 5.82 Å². The molecule has 0 spiro atoms. The molecule has 1 aromatic rings. The second kappa shape index (κ2) is 3.61. The highest BCUT2D eigenvalue weighted by Gasteiger charge is 2.26. The van der Waals surface area contributed by atoms with Crippen LogP contribution in [0.15, 0.2) is 6.07 Å². The van der Waals surface area contributed by atoms with Gasteiger partial charge in [0, 0.05) is 12.1 Å². The summed E-state index contributed by atoms with van der Waals surface area (Å²) >= 11 is 5.76. The lowest BCUT2D eigenvalue weighted by Crippen LogP contribution is -2.36. The molecule has 0 bridgehead atoms. The van der Waals surface area contributed by atoms with Gasteiger partial charge in [-0.2, -0.15) is 4.98 Å². The van der Waals surface area contributed by atoms with Crippen molar-refractivity contribution < 1.29 is 0 Å². The lowest BCUT2D eigenvalue weighted by atomic mass is 9.81. The first kappa shape index (κ1) is 9.52. The second-order valence-corrected chi connectivity index (χ2v) is 4.13. The Hall–Kier alpha value is -1.03. The molecule has 1 saturated carbocycles. The minimum absolute atomic E-state index is 0.215. The number of aromatic nitrogens is 2. The van der Waals surface area contributed by atoms with Crippen molar-refractivity contribution in [2.75, 3.05) is 11.1 Å². The van der Waals surface area contributed by atoms with E-state index in [1.54, 1.807) is 6.07 Å². The summed E-state index contributed by atoms with van der Waals surface area (Å²) in [4.78, 5) is 7.86. The number of anilines is 2. The van der Waals surface area contributed by atoms with Gasteiger partial charge >= 0.3 is 0 Å². The van der Waals surface area contributed by atoms with Crippen LogP contribution >= 0.6 is 11.6 Å². The van der Waals surface area contributed by atoms with Crippen molar-refractivity contribution in [3.8, 4) is 0 Å². The van der Waals surface area contributed by atoms with E-state index < -0.39 is 0 Å². The van der Waals surface area contributed by atoms with Crippen molar-refractivity contribution in [1.29, 1.82) is 0 Å². The van der Waals surface area contributed by atoms with E-state index in [0.29, 0.717) is 17.1 Å². The number of rotatable bonds is 2. The summed E-state index contributed by atoms with van der Waals surface area (Å²) in [6.07, 6.45) is 2.45. The molecule has 0 amide bonds. The fourth-order valence-corrected chi connectivity index (χ4v) is 1.77. The molecule has 0 aromatic carbocycles. The molecule has 0 saturated heterocycles. The predicted octanol–water partition coefficient (Wildman–Crippen LogP) is 1.92. The number of hydrogen-bond donors (Lipinski definition) is 2. The standard InChI is InChI=1S/C9H13ClN4/c1-5-2-3-6(5)12-8-4-7(10)13-9(11)14-8/h4-6H,2-3H2,1H3,(H3,11,12,13,14). The molecule has 0 radical (unpaired) electrons. The first-order valence-electron chi connectivity index (χ1n) is 4.72. The fourth-order valence-electron chi connectivity index (χ4n) is 1.58. The number of nitrogens with zero attached hydrogens (tertiary/aromatic N) is 2. The highest BCUT2D eigenvalue weighted by atomic mass is 35.5. The molecule has 14 heavy (non-hydrogen) atoms. The van der Waals surface area contributed by atoms with Crippen LogP contribution in [0.4, 0.5) is 11.8 Å². The van der Waals surface area contributed by atoms with Crippen molar-refractivity contribution in [3.63, 3.8) is 0 Å². The van der Waals surface area contributed by atoms with Crippen LogP contribution in [-0.2, 0) is 0 Å². The van der Waals surface area contributed by atoms with Crippen LogP contribution in [0.1, 0.15) is 19.8 Å². The van der Waals surface area contributed by atoms with Crippen molar-refractivity contribution in [1.82, 2.24) is 9.97 Å². The maximum atomic E-state index is 5.76. The van der Waals surface area contributed by atoms with E-state index in [-0.39, 0.29) is 5.95 Å². The zero-order valence-electron chi connectivity index (χ0n) is 8.00. The predicted molar refractivity (Wildman–Crippen MR) is 57.3 cm³/mol. The molecule has 4 nitrogen and oxygen atoms in total. The molecule has 2 unspecified atom stereocenters. The molecule has 1 aliphatic carbocycles. The third-order valence-electron chi connectivity index (χ3n) is 2.67. The SMILES string of the molecule is CC1CCC1Nc1cc(Cl)nc(N)n1. The van der Waals surface area contributed by atoms with Gasteiger partial charge < -0.3 is 11.1 Å². The number of hydrogen-bond acceptors (Lipinski definition) is 4. The Kier molecular flexibility index (Phi) is 2.46. The number of nitrogens with two attached hydrogens (primary N) is 1. The van der Waals surface area contributed by atoms with Gasteiger partial charge in [-0.3, -0.25) is 0 Å². The molecule has 1 aliphatic rings. The average molecular weight is 213 g/mol. The smallest absolute Gasteiger partial charge is 0.223 e. The Morgan fingerprint density at radius 2 is 2.29 bits per heavy atom. The maximum absolute atomic E-state index is 5.76. The summed E-state index contributed by atoms with van der Waals surface area (Å²) in [5, 5.41) is 3.68. The van der Waals surface area contributed by atoms with E-state index in [9.17, 15) is 0 Å². The largest absolute Gasteiger partial charge is 0.368 e. The van der Waals surface area contributed by atoms with Crippen LogP contribution in [0.2, 0.25) is 5.15 Å². The molecular formula is C9H13ClN4. The summed E-state index contributed by atoms with van der Waals surface area (Å²) in [6, 6.07) is 2.20. The molecule has 5 heteroatoms. The van der Waals surface area contributed by atoms with Gasteiger partial charge in [-0.05, 0) is 18.8 Å². The van der Waals surface area contributed by atoms with E-state index in [4.69, 9.17) is 17.3 Å². The first-order chi connectivity index (χ1) is 6.65. The van der Waals surface area contributed by atoms with E-state index in [1.807, 2.05) is 0 Å². The van der Waals surface area contributed by atoms with Gasteiger partial charge in [0.05, 0.1) is 0 Å². The zero-order valence-corrected chi connectivity index (χ0v) is 8.75. The van der Waals surface area contributed by atoms with Gasteiger partial charge in [0.25, 0.3) is 0 Å². The lowest BCUT2D eigenvalue weighted by molar-refractivity contribution is 0.303. The number of nitrogen functional groups attached to an aromatic ring is 1. The van der Waals surface area contributed by atoms with Crippen LogP contribution in [0.5, 0.6) is 0 Å². The summed E-state index contributed by atoms with van der Waals surface area (Å²) < 4.78 is 0. The molecule has 3 N–H and O–H groups in total. The van der Waals surface area contributed by atoms with Gasteiger partial charge in [-0.1, -0.05) is 18.5 Å². The Labute approximate surface area is 87.9 Å². The van der Waals surface area contributed by atoms with Crippen molar-refractivity contribution in [2.45, 2.75) is 25.8 Å². The number of halogens is 1. The van der Waals surface area contributed by atoms with E-state index in [2.05, 4.69) is 22.2 Å². The fraction of sp³-hybridized carbons (Fsp3) is 0.556. The molecule has 1 fully saturated rings. The van der Waals surface area contributed by atoms with Crippen LogP contribution in [-0.4, -0.2) is 16.0 Å². The highest BCUT2D eigenvalue weighted by molar-refractivity contribution is 6.29. The monoisotopic (exact) mass is 212 g/mol. The Morgan fingerprint density at radius 3 is 2.79 bits per heavy atom. The summed E-state index contributed by atoms with van der Waals surface area (Å²) in [7, 11) is 0. The molecular weight excluding hydrogens is 200 g/mol. The van der Waals surface area contributed by atoms with Gasteiger partial charge in [-0.25, -0.2) is 4.98 Å². The van der Waals surface area contributed by atoms with Gasteiger partial charge in [0.15, 0.2) is 0 Å². The quantitative estimate of drug-likeness (QED) is 0.736. The van der Waals surface area contributed by atoms with Crippen molar-refractivity contribution in [3.05, 3.63) is 11.2 Å².